The van der Waals surface area contributed by atoms with Gasteiger partial charge in [-0.25, -0.2) is 0 Å². The summed E-state index contributed by atoms with van der Waals surface area (Å²) in [7, 11) is 0. The fraction of sp³-hybridized carbons (Fsp3) is 0.438. The van der Waals surface area contributed by atoms with Gasteiger partial charge in [0, 0.05) is 31.7 Å². The van der Waals surface area contributed by atoms with Crippen molar-refractivity contribution in [1.82, 2.24) is 19.9 Å². The van der Waals surface area contributed by atoms with Gasteiger partial charge in [-0.3, -0.25) is 14.6 Å². The fourth-order valence-corrected chi connectivity index (χ4v) is 2.77. The molecular formula is C16H20N4O3. The fourth-order valence-electron chi connectivity index (χ4n) is 2.77. The van der Waals surface area contributed by atoms with Gasteiger partial charge in [0.2, 0.25) is 11.7 Å². The Labute approximate surface area is 134 Å². The third kappa shape index (κ3) is 3.75. The molecule has 23 heavy (non-hydrogen) atoms. The zero-order chi connectivity index (χ0) is 16.2. The molecule has 1 N–H and O–H groups in total. The van der Waals surface area contributed by atoms with Crippen LogP contribution in [0.15, 0.2) is 34.9 Å². The Morgan fingerprint density at radius 3 is 2.61 bits per heavy atom. The number of carboxylic acid groups (broad SMARTS) is 1. The van der Waals surface area contributed by atoms with Crippen molar-refractivity contribution in [1.29, 1.82) is 0 Å². The summed E-state index contributed by atoms with van der Waals surface area (Å²) in [5.74, 6) is 0.406. The smallest absolute Gasteiger partial charge is 0.317 e. The van der Waals surface area contributed by atoms with Crippen LogP contribution in [0.1, 0.15) is 18.9 Å². The summed E-state index contributed by atoms with van der Waals surface area (Å²) < 4.78 is 5.41. The van der Waals surface area contributed by atoms with Crippen molar-refractivity contribution < 1.29 is 14.4 Å². The largest absolute Gasteiger partial charge is 0.480 e. The summed E-state index contributed by atoms with van der Waals surface area (Å²) in [6, 6.07) is 9.75. The summed E-state index contributed by atoms with van der Waals surface area (Å²) in [5, 5.41) is 12.9. The van der Waals surface area contributed by atoms with E-state index in [1.165, 1.54) is 0 Å². The second-order valence-corrected chi connectivity index (χ2v) is 5.70. The van der Waals surface area contributed by atoms with Crippen LogP contribution in [0.25, 0.3) is 11.4 Å². The minimum atomic E-state index is -0.782. The minimum Gasteiger partial charge on any atom is -0.480 e. The van der Waals surface area contributed by atoms with Crippen LogP contribution >= 0.6 is 0 Å². The highest BCUT2D eigenvalue weighted by molar-refractivity contribution is 5.69. The highest BCUT2D eigenvalue weighted by Crippen LogP contribution is 2.23. The molecule has 1 aliphatic heterocycles. The van der Waals surface area contributed by atoms with E-state index in [9.17, 15) is 4.79 Å². The molecule has 1 aliphatic rings. The summed E-state index contributed by atoms with van der Waals surface area (Å²) in [6.45, 7) is 5.18. The van der Waals surface area contributed by atoms with Crippen molar-refractivity contribution in [2.45, 2.75) is 13.0 Å². The van der Waals surface area contributed by atoms with E-state index in [-0.39, 0.29) is 12.6 Å². The zero-order valence-corrected chi connectivity index (χ0v) is 13.1. The average molecular weight is 316 g/mol. The molecule has 1 fully saturated rings. The molecule has 0 amide bonds. The van der Waals surface area contributed by atoms with Crippen LogP contribution in [-0.4, -0.2) is 63.7 Å². The van der Waals surface area contributed by atoms with Gasteiger partial charge in [-0.05, 0) is 6.92 Å². The molecule has 1 aromatic heterocycles. The molecule has 3 rings (SSSR count). The topological polar surface area (TPSA) is 82.7 Å². The van der Waals surface area contributed by atoms with E-state index in [1.54, 1.807) is 0 Å². The Hall–Kier alpha value is -2.25. The maximum Gasteiger partial charge on any atom is 0.317 e. The summed E-state index contributed by atoms with van der Waals surface area (Å²) >= 11 is 0. The predicted molar refractivity (Wildman–Crippen MR) is 83.8 cm³/mol. The number of carbonyl (C=O) groups is 1. The van der Waals surface area contributed by atoms with Crippen molar-refractivity contribution in [2.75, 3.05) is 32.7 Å². The van der Waals surface area contributed by atoms with Gasteiger partial charge in [-0.1, -0.05) is 35.5 Å². The third-order valence-electron chi connectivity index (χ3n) is 4.14. The highest BCUT2D eigenvalue weighted by atomic mass is 16.5. The number of carboxylic acids is 1. The van der Waals surface area contributed by atoms with E-state index in [0.29, 0.717) is 11.7 Å². The number of nitrogens with zero attached hydrogens (tertiary/aromatic N) is 4. The van der Waals surface area contributed by atoms with Gasteiger partial charge in [0.05, 0.1) is 12.6 Å². The Bertz CT molecular complexity index is 650. The Balaban J connectivity index is 1.62. The zero-order valence-electron chi connectivity index (χ0n) is 13.1. The first-order chi connectivity index (χ1) is 11.1. The molecular weight excluding hydrogens is 296 g/mol. The lowest BCUT2D eigenvalue weighted by atomic mass is 10.2. The average Bonchev–Trinajstić information content (AvgIpc) is 3.05. The lowest BCUT2D eigenvalue weighted by Gasteiger charge is -2.35. The molecule has 7 nitrogen and oxygen atoms in total. The van der Waals surface area contributed by atoms with Crippen LogP contribution in [0, 0.1) is 0 Å². The van der Waals surface area contributed by atoms with E-state index >= 15 is 0 Å². The Morgan fingerprint density at radius 2 is 1.96 bits per heavy atom. The summed E-state index contributed by atoms with van der Waals surface area (Å²) in [5.41, 5.74) is 0.931. The van der Waals surface area contributed by atoms with Crippen LogP contribution in [-0.2, 0) is 4.79 Å². The van der Waals surface area contributed by atoms with Gasteiger partial charge in [-0.15, -0.1) is 0 Å². The molecule has 0 saturated carbocycles. The normalized spacial score (nSPS) is 18.0. The van der Waals surface area contributed by atoms with E-state index in [4.69, 9.17) is 9.63 Å². The molecule has 0 radical (unpaired) electrons. The van der Waals surface area contributed by atoms with E-state index in [1.807, 2.05) is 42.2 Å². The summed E-state index contributed by atoms with van der Waals surface area (Å²) in [6.07, 6.45) is 0. The van der Waals surface area contributed by atoms with Crippen molar-refractivity contribution in [2.24, 2.45) is 0 Å². The Kier molecular flexibility index (Phi) is 4.68. The number of piperazine rings is 1. The molecule has 1 aromatic carbocycles. The van der Waals surface area contributed by atoms with Gasteiger partial charge in [0.15, 0.2) is 0 Å². The van der Waals surface area contributed by atoms with Crippen LogP contribution in [0.2, 0.25) is 0 Å². The molecule has 122 valence electrons. The molecule has 0 bridgehead atoms. The standard InChI is InChI=1S/C16H20N4O3/c1-12(20-9-7-19(8-10-20)11-14(21)22)16-17-15(18-23-16)13-5-3-2-4-6-13/h2-6,12H,7-11H2,1H3,(H,21,22). The quantitative estimate of drug-likeness (QED) is 0.895. The first kappa shape index (κ1) is 15.6. The third-order valence-corrected chi connectivity index (χ3v) is 4.14. The highest BCUT2D eigenvalue weighted by Gasteiger charge is 2.26. The second-order valence-electron chi connectivity index (χ2n) is 5.70. The van der Waals surface area contributed by atoms with Gasteiger partial charge in [0.25, 0.3) is 0 Å². The summed E-state index contributed by atoms with van der Waals surface area (Å²) in [4.78, 5) is 19.4. The molecule has 1 saturated heterocycles. The first-order valence-corrected chi connectivity index (χ1v) is 7.70. The van der Waals surface area contributed by atoms with E-state index in [2.05, 4.69) is 15.0 Å². The van der Waals surface area contributed by atoms with Crippen LogP contribution < -0.4 is 0 Å². The van der Waals surface area contributed by atoms with Crippen molar-refractivity contribution in [3.63, 3.8) is 0 Å². The Morgan fingerprint density at radius 1 is 1.26 bits per heavy atom. The lowest BCUT2D eigenvalue weighted by Crippen LogP contribution is -2.48. The van der Waals surface area contributed by atoms with E-state index in [0.717, 1.165) is 31.7 Å². The number of hydrogen-bond donors (Lipinski definition) is 1. The lowest BCUT2D eigenvalue weighted by molar-refractivity contribution is -0.138. The molecule has 2 aromatic rings. The number of aromatic nitrogens is 2. The predicted octanol–water partition coefficient (Wildman–Crippen LogP) is 1.50. The molecule has 7 heteroatoms. The van der Waals surface area contributed by atoms with Gasteiger partial charge < -0.3 is 9.63 Å². The monoisotopic (exact) mass is 316 g/mol. The SMILES string of the molecule is CC(c1nc(-c2ccccc2)no1)N1CCN(CC(=O)O)CC1. The first-order valence-electron chi connectivity index (χ1n) is 7.70. The van der Waals surface area contributed by atoms with Gasteiger partial charge >= 0.3 is 5.97 Å². The van der Waals surface area contributed by atoms with Crippen LogP contribution in [0.5, 0.6) is 0 Å². The van der Waals surface area contributed by atoms with Crippen molar-refractivity contribution in [3.05, 3.63) is 36.2 Å². The van der Waals surface area contributed by atoms with Crippen LogP contribution in [0.4, 0.5) is 0 Å². The number of hydrogen-bond acceptors (Lipinski definition) is 6. The van der Waals surface area contributed by atoms with E-state index < -0.39 is 5.97 Å². The maximum atomic E-state index is 10.8. The molecule has 0 aliphatic carbocycles. The van der Waals surface area contributed by atoms with Gasteiger partial charge in [-0.2, -0.15) is 4.98 Å². The van der Waals surface area contributed by atoms with Gasteiger partial charge in [0.1, 0.15) is 0 Å². The van der Waals surface area contributed by atoms with Crippen molar-refractivity contribution in [3.8, 4) is 11.4 Å². The minimum absolute atomic E-state index is 0.0203. The maximum absolute atomic E-state index is 10.8. The number of rotatable bonds is 5. The molecule has 2 heterocycles. The van der Waals surface area contributed by atoms with Crippen molar-refractivity contribution >= 4 is 5.97 Å². The molecule has 1 unspecified atom stereocenters. The second kappa shape index (κ2) is 6.89. The number of benzene rings is 1. The molecule has 0 spiro atoms. The molecule has 1 atom stereocenters. The number of aliphatic carboxylic acids is 1. The van der Waals surface area contributed by atoms with Crippen LogP contribution in [0.3, 0.4) is 0 Å².